The molecule has 0 bridgehead atoms. The molecule has 0 saturated heterocycles. The van der Waals surface area contributed by atoms with Crippen LogP contribution >= 0.6 is 15.9 Å². The number of esters is 1. The summed E-state index contributed by atoms with van der Waals surface area (Å²) in [4.78, 5) is 22.5. The molecule has 1 aromatic carbocycles. The second-order valence-corrected chi connectivity index (χ2v) is 6.59. The van der Waals surface area contributed by atoms with Gasteiger partial charge in [0.05, 0.1) is 12.2 Å². The first kappa shape index (κ1) is 18.1. The van der Waals surface area contributed by atoms with Crippen molar-refractivity contribution in [1.82, 2.24) is 0 Å². The number of rotatable bonds is 7. The lowest BCUT2D eigenvalue weighted by Gasteiger charge is -2.23. The summed E-state index contributed by atoms with van der Waals surface area (Å²) >= 11 is 3.44. The molecule has 0 aliphatic heterocycles. The van der Waals surface area contributed by atoms with E-state index < -0.39 is 5.60 Å². The highest BCUT2D eigenvalue weighted by molar-refractivity contribution is 9.10. The molecule has 0 N–H and O–H groups in total. The maximum atomic E-state index is 11.5. The molecule has 0 spiro atoms. The molecule has 1 atom stereocenters. The maximum absolute atomic E-state index is 11.5. The van der Waals surface area contributed by atoms with Crippen LogP contribution in [0.5, 0.6) is 0 Å². The van der Waals surface area contributed by atoms with Crippen LogP contribution in [-0.4, -0.2) is 18.2 Å². The Morgan fingerprint density at radius 1 is 1.33 bits per heavy atom. The number of hydrogen-bond donors (Lipinski definition) is 0. The Balaban J connectivity index is 2.72. The fraction of sp³-hybridized carbons (Fsp3) is 0.562. The van der Waals surface area contributed by atoms with E-state index >= 15 is 0 Å². The van der Waals surface area contributed by atoms with E-state index in [1.165, 1.54) is 0 Å². The zero-order valence-electron chi connectivity index (χ0n) is 13.0. The quantitative estimate of drug-likeness (QED) is 0.406. The summed E-state index contributed by atoms with van der Waals surface area (Å²) in [5, 5.41) is 0. The fourth-order valence-corrected chi connectivity index (χ4v) is 2.08. The number of hydrogen-bond acceptors (Lipinski definition) is 4. The van der Waals surface area contributed by atoms with Gasteiger partial charge in [-0.25, -0.2) is 9.78 Å². The standard InChI is InChI=1S/C16H23BrO4/c1-5-19-15(18)10-9-14(20-21-16(2,3)4)12-7-6-8-13(17)11-12/h6-8,11,14H,5,9-10H2,1-4H3. The zero-order valence-corrected chi connectivity index (χ0v) is 14.6. The van der Waals surface area contributed by atoms with Crippen LogP contribution in [0.3, 0.4) is 0 Å². The Hall–Kier alpha value is -0.910. The van der Waals surface area contributed by atoms with Gasteiger partial charge >= 0.3 is 5.97 Å². The average molecular weight is 359 g/mol. The minimum atomic E-state index is -0.409. The molecule has 5 heteroatoms. The van der Waals surface area contributed by atoms with E-state index in [9.17, 15) is 4.79 Å². The zero-order chi connectivity index (χ0) is 15.9. The summed E-state index contributed by atoms with van der Waals surface area (Å²) in [5.41, 5.74) is 0.548. The molecule has 0 heterocycles. The topological polar surface area (TPSA) is 44.8 Å². The van der Waals surface area contributed by atoms with Crippen molar-refractivity contribution in [3.05, 3.63) is 34.3 Å². The third-order valence-corrected chi connectivity index (χ3v) is 3.04. The number of ether oxygens (including phenoxy) is 1. The van der Waals surface area contributed by atoms with Crippen molar-refractivity contribution in [2.75, 3.05) is 6.61 Å². The molecule has 0 aliphatic carbocycles. The van der Waals surface area contributed by atoms with Crippen molar-refractivity contribution >= 4 is 21.9 Å². The van der Waals surface area contributed by atoms with Gasteiger partial charge in [0, 0.05) is 10.9 Å². The van der Waals surface area contributed by atoms with Crippen LogP contribution in [0, 0.1) is 0 Å². The number of benzene rings is 1. The summed E-state index contributed by atoms with van der Waals surface area (Å²) in [6.45, 7) is 7.92. The van der Waals surface area contributed by atoms with Crippen LogP contribution in [0.1, 0.15) is 52.2 Å². The molecule has 1 unspecified atom stereocenters. The maximum Gasteiger partial charge on any atom is 0.305 e. The van der Waals surface area contributed by atoms with Gasteiger partial charge < -0.3 is 4.74 Å². The molecular weight excluding hydrogens is 336 g/mol. The Kier molecular flexibility index (Phi) is 7.35. The van der Waals surface area contributed by atoms with Crippen molar-refractivity contribution in [3.63, 3.8) is 0 Å². The molecule has 1 aromatic rings. The smallest absolute Gasteiger partial charge is 0.305 e. The first-order valence-corrected chi connectivity index (χ1v) is 7.86. The summed E-state index contributed by atoms with van der Waals surface area (Å²) in [7, 11) is 0. The second kappa shape index (κ2) is 8.51. The van der Waals surface area contributed by atoms with E-state index in [0.717, 1.165) is 10.0 Å². The molecular formula is C16H23BrO4. The number of carbonyl (C=O) groups excluding carboxylic acids is 1. The summed E-state index contributed by atoms with van der Waals surface area (Å²) in [5.74, 6) is -0.225. The lowest BCUT2D eigenvalue weighted by Crippen LogP contribution is -2.21. The first-order valence-electron chi connectivity index (χ1n) is 7.07. The van der Waals surface area contributed by atoms with Crippen LogP contribution in [0.4, 0.5) is 0 Å². The van der Waals surface area contributed by atoms with Gasteiger partial charge in [0.1, 0.15) is 6.10 Å². The predicted octanol–water partition coefficient (Wildman–Crippen LogP) is 4.58. The molecule has 21 heavy (non-hydrogen) atoms. The van der Waals surface area contributed by atoms with Gasteiger partial charge in [-0.05, 0) is 51.8 Å². The second-order valence-electron chi connectivity index (χ2n) is 5.68. The third-order valence-electron chi connectivity index (χ3n) is 2.55. The van der Waals surface area contributed by atoms with Gasteiger partial charge in [-0.15, -0.1) is 0 Å². The molecule has 118 valence electrons. The van der Waals surface area contributed by atoms with Gasteiger partial charge in [0.15, 0.2) is 0 Å². The van der Waals surface area contributed by atoms with Crippen molar-refractivity contribution < 1.29 is 19.3 Å². The van der Waals surface area contributed by atoms with E-state index in [0.29, 0.717) is 19.4 Å². The third kappa shape index (κ3) is 7.60. The van der Waals surface area contributed by atoms with Crippen LogP contribution < -0.4 is 0 Å². The van der Waals surface area contributed by atoms with E-state index in [1.54, 1.807) is 6.92 Å². The molecule has 0 radical (unpaired) electrons. The first-order chi connectivity index (χ1) is 9.81. The van der Waals surface area contributed by atoms with E-state index in [-0.39, 0.29) is 12.1 Å². The summed E-state index contributed by atoms with van der Waals surface area (Å²) < 4.78 is 5.91. The molecule has 0 aliphatic rings. The molecule has 4 nitrogen and oxygen atoms in total. The molecule has 0 aromatic heterocycles. The number of halogens is 1. The van der Waals surface area contributed by atoms with Crippen LogP contribution in [0.15, 0.2) is 28.7 Å². The highest BCUT2D eigenvalue weighted by Gasteiger charge is 2.20. The van der Waals surface area contributed by atoms with Gasteiger partial charge in [0.2, 0.25) is 0 Å². The van der Waals surface area contributed by atoms with Gasteiger partial charge in [-0.3, -0.25) is 4.79 Å². The molecule has 0 saturated carbocycles. The van der Waals surface area contributed by atoms with Gasteiger partial charge in [-0.1, -0.05) is 28.1 Å². The normalized spacial score (nSPS) is 13.0. The van der Waals surface area contributed by atoms with E-state index in [1.807, 2.05) is 45.0 Å². The Bertz CT molecular complexity index is 454. The van der Waals surface area contributed by atoms with E-state index in [2.05, 4.69) is 15.9 Å². The van der Waals surface area contributed by atoms with Crippen molar-refractivity contribution in [3.8, 4) is 0 Å². The molecule has 0 amide bonds. The van der Waals surface area contributed by atoms with Crippen molar-refractivity contribution in [1.29, 1.82) is 0 Å². The lowest BCUT2D eigenvalue weighted by atomic mass is 10.1. The largest absolute Gasteiger partial charge is 0.466 e. The summed E-state index contributed by atoms with van der Waals surface area (Å²) in [6, 6.07) is 7.78. The van der Waals surface area contributed by atoms with Crippen molar-refractivity contribution in [2.45, 2.75) is 52.2 Å². The summed E-state index contributed by atoms with van der Waals surface area (Å²) in [6.07, 6.45) is 0.482. The van der Waals surface area contributed by atoms with Crippen LogP contribution in [0.2, 0.25) is 0 Å². The van der Waals surface area contributed by atoms with Gasteiger partial charge in [-0.2, -0.15) is 0 Å². The van der Waals surface area contributed by atoms with Crippen molar-refractivity contribution in [2.24, 2.45) is 0 Å². The Morgan fingerprint density at radius 2 is 2.05 bits per heavy atom. The average Bonchev–Trinajstić information content (AvgIpc) is 2.37. The van der Waals surface area contributed by atoms with E-state index in [4.69, 9.17) is 14.5 Å². The highest BCUT2D eigenvalue weighted by Crippen LogP contribution is 2.27. The SMILES string of the molecule is CCOC(=O)CCC(OOC(C)(C)C)c1cccc(Br)c1. The molecule has 1 rings (SSSR count). The number of carbonyl (C=O) groups is 1. The highest BCUT2D eigenvalue weighted by atomic mass is 79.9. The fourth-order valence-electron chi connectivity index (χ4n) is 1.66. The monoisotopic (exact) mass is 358 g/mol. The predicted molar refractivity (Wildman–Crippen MR) is 84.7 cm³/mol. The van der Waals surface area contributed by atoms with Gasteiger partial charge in [0.25, 0.3) is 0 Å². The molecule has 0 fully saturated rings. The van der Waals surface area contributed by atoms with Crippen LogP contribution in [-0.2, 0) is 19.3 Å². The minimum absolute atomic E-state index is 0.225. The van der Waals surface area contributed by atoms with Crippen LogP contribution in [0.25, 0.3) is 0 Å². The lowest BCUT2D eigenvalue weighted by molar-refractivity contribution is -0.376. The Labute approximate surface area is 134 Å². The minimum Gasteiger partial charge on any atom is -0.466 e. The Morgan fingerprint density at radius 3 is 2.62 bits per heavy atom.